The molecule has 0 saturated heterocycles. The summed E-state index contributed by atoms with van der Waals surface area (Å²) in [6.45, 7) is 4.64. The van der Waals surface area contributed by atoms with Crippen LogP contribution in [0.3, 0.4) is 0 Å². The van der Waals surface area contributed by atoms with Gasteiger partial charge in [-0.3, -0.25) is 0 Å². The number of nitrogens with zero attached hydrogens (tertiary/aromatic N) is 1. The van der Waals surface area contributed by atoms with E-state index in [-0.39, 0.29) is 24.2 Å². The fraction of sp³-hybridized carbons (Fsp3) is 1.00. The molecule has 1 N–H and O–H groups in total. The van der Waals surface area contributed by atoms with E-state index in [1.165, 1.54) is 0 Å². The van der Waals surface area contributed by atoms with Crippen molar-refractivity contribution < 1.29 is 13.5 Å². The monoisotopic (exact) mass is 237 g/mol. The van der Waals surface area contributed by atoms with E-state index >= 15 is 0 Å². The lowest BCUT2D eigenvalue weighted by molar-refractivity contribution is 0.242. The van der Waals surface area contributed by atoms with Crippen LogP contribution >= 0.6 is 0 Å². The first-order chi connectivity index (χ1) is 6.93. The van der Waals surface area contributed by atoms with Gasteiger partial charge in [0.25, 0.3) is 0 Å². The molecule has 92 valence electrons. The fourth-order valence-corrected chi connectivity index (χ4v) is 2.53. The van der Waals surface area contributed by atoms with Crippen LogP contribution in [-0.2, 0) is 9.84 Å². The third-order valence-electron chi connectivity index (χ3n) is 2.61. The third kappa shape index (κ3) is 6.87. The summed E-state index contributed by atoms with van der Waals surface area (Å²) in [5.41, 5.74) is 0. The Bertz CT molecular complexity index is 251. The molecule has 0 heterocycles. The van der Waals surface area contributed by atoms with Crippen molar-refractivity contribution in [2.75, 3.05) is 31.7 Å². The van der Waals surface area contributed by atoms with Gasteiger partial charge in [-0.1, -0.05) is 6.92 Å². The average Bonchev–Trinajstić information content (AvgIpc) is 2.17. The van der Waals surface area contributed by atoms with Crippen LogP contribution in [0, 0.1) is 0 Å². The lowest BCUT2D eigenvalue weighted by Crippen LogP contribution is -2.36. The predicted molar refractivity (Wildman–Crippen MR) is 62.7 cm³/mol. The molecule has 5 heteroatoms. The van der Waals surface area contributed by atoms with Gasteiger partial charge in [0.1, 0.15) is 0 Å². The van der Waals surface area contributed by atoms with E-state index in [0.717, 1.165) is 19.4 Å². The van der Waals surface area contributed by atoms with Crippen LogP contribution in [0.2, 0.25) is 0 Å². The maximum atomic E-state index is 11.4. The van der Waals surface area contributed by atoms with E-state index in [9.17, 15) is 8.42 Å². The zero-order valence-electron chi connectivity index (χ0n) is 9.94. The Morgan fingerprint density at radius 3 is 2.40 bits per heavy atom. The quantitative estimate of drug-likeness (QED) is 0.625. The molecular formula is C10H23NO3S. The molecule has 0 saturated carbocycles. The number of aliphatic hydroxyl groups excluding tert-OH is 1. The van der Waals surface area contributed by atoms with Crippen molar-refractivity contribution in [3.8, 4) is 0 Å². The molecule has 0 aromatic heterocycles. The van der Waals surface area contributed by atoms with E-state index in [4.69, 9.17) is 5.11 Å². The minimum absolute atomic E-state index is 0.0497. The van der Waals surface area contributed by atoms with Crippen molar-refractivity contribution in [2.24, 2.45) is 0 Å². The largest absolute Gasteiger partial charge is 0.396 e. The number of hydrogen-bond acceptors (Lipinski definition) is 4. The Kier molecular flexibility index (Phi) is 7.13. The number of unbranched alkanes of at least 4 members (excludes halogenated alkanes) is 1. The van der Waals surface area contributed by atoms with Crippen molar-refractivity contribution in [2.45, 2.75) is 32.7 Å². The van der Waals surface area contributed by atoms with E-state index in [1.807, 2.05) is 18.9 Å². The van der Waals surface area contributed by atoms with E-state index in [2.05, 4.69) is 0 Å². The highest BCUT2D eigenvalue weighted by Crippen LogP contribution is 2.03. The summed E-state index contributed by atoms with van der Waals surface area (Å²) in [4.78, 5) is 2.03. The SMILES string of the molecule is CCS(=O)(=O)CC(C)N(C)CCCCO. The fourth-order valence-electron chi connectivity index (χ4n) is 1.31. The minimum atomic E-state index is -2.89. The van der Waals surface area contributed by atoms with Crippen molar-refractivity contribution in [3.05, 3.63) is 0 Å². The molecule has 0 aromatic rings. The Labute approximate surface area is 93.2 Å². The van der Waals surface area contributed by atoms with Crippen LogP contribution in [0.15, 0.2) is 0 Å². The average molecular weight is 237 g/mol. The first-order valence-electron chi connectivity index (χ1n) is 5.44. The highest BCUT2D eigenvalue weighted by Gasteiger charge is 2.16. The molecule has 0 aliphatic heterocycles. The third-order valence-corrected chi connectivity index (χ3v) is 4.48. The van der Waals surface area contributed by atoms with Crippen LogP contribution in [0.5, 0.6) is 0 Å². The van der Waals surface area contributed by atoms with Gasteiger partial charge in [-0.2, -0.15) is 0 Å². The van der Waals surface area contributed by atoms with Gasteiger partial charge in [-0.05, 0) is 33.4 Å². The van der Waals surface area contributed by atoms with Gasteiger partial charge in [-0.15, -0.1) is 0 Å². The van der Waals surface area contributed by atoms with Crippen LogP contribution < -0.4 is 0 Å². The lowest BCUT2D eigenvalue weighted by atomic mass is 10.2. The Balaban J connectivity index is 3.93. The molecule has 0 rings (SSSR count). The van der Waals surface area contributed by atoms with Gasteiger partial charge >= 0.3 is 0 Å². The predicted octanol–water partition coefficient (Wildman–Crippen LogP) is 0.514. The molecule has 15 heavy (non-hydrogen) atoms. The Morgan fingerprint density at radius 1 is 1.33 bits per heavy atom. The summed E-state index contributed by atoms with van der Waals surface area (Å²) < 4.78 is 22.8. The summed E-state index contributed by atoms with van der Waals surface area (Å²) >= 11 is 0. The molecule has 0 spiro atoms. The normalized spacial score (nSPS) is 14.5. The molecule has 0 aliphatic carbocycles. The number of hydrogen-bond donors (Lipinski definition) is 1. The standard InChI is InChI=1S/C10H23NO3S/c1-4-15(13,14)9-10(2)11(3)7-5-6-8-12/h10,12H,4-9H2,1-3H3. The van der Waals surface area contributed by atoms with Gasteiger partial charge in [0.05, 0.1) is 5.75 Å². The van der Waals surface area contributed by atoms with Gasteiger partial charge in [-0.25, -0.2) is 8.42 Å². The van der Waals surface area contributed by atoms with E-state index < -0.39 is 9.84 Å². The minimum Gasteiger partial charge on any atom is -0.396 e. The van der Waals surface area contributed by atoms with Crippen LogP contribution in [0.4, 0.5) is 0 Å². The summed E-state index contributed by atoms with van der Waals surface area (Å²) in [5, 5.41) is 8.63. The molecule has 1 unspecified atom stereocenters. The zero-order valence-corrected chi connectivity index (χ0v) is 10.8. The van der Waals surface area contributed by atoms with Crippen LogP contribution in [-0.4, -0.2) is 56.2 Å². The molecule has 1 atom stereocenters. The highest BCUT2D eigenvalue weighted by atomic mass is 32.2. The van der Waals surface area contributed by atoms with Crippen molar-refractivity contribution in [1.82, 2.24) is 4.90 Å². The second kappa shape index (κ2) is 7.19. The van der Waals surface area contributed by atoms with Crippen LogP contribution in [0.1, 0.15) is 26.7 Å². The van der Waals surface area contributed by atoms with E-state index in [1.54, 1.807) is 6.92 Å². The number of rotatable bonds is 8. The molecule has 0 radical (unpaired) electrons. The second-order valence-electron chi connectivity index (χ2n) is 3.96. The van der Waals surface area contributed by atoms with E-state index in [0.29, 0.717) is 0 Å². The summed E-state index contributed by atoms with van der Waals surface area (Å²) in [5.74, 6) is 0.431. The van der Waals surface area contributed by atoms with Gasteiger partial charge < -0.3 is 10.0 Å². The topological polar surface area (TPSA) is 57.6 Å². The van der Waals surface area contributed by atoms with Crippen LogP contribution in [0.25, 0.3) is 0 Å². The molecule has 0 aliphatic rings. The molecular weight excluding hydrogens is 214 g/mol. The summed E-state index contributed by atoms with van der Waals surface area (Å²) in [6, 6.07) is 0.0497. The van der Waals surface area contributed by atoms with Crippen molar-refractivity contribution >= 4 is 9.84 Å². The van der Waals surface area contributed by atoms with Crippen molar-refractivity contribution in [1.29, 1.82) is 0 Å². The molecule has 0 bridgehead atoms. The van der Waals surface area contributed by atoms with Gasteiger partial charge in [0.15, 0.2) is 9.84 Å². The maximum Gasteiger partial charge on any atom is 0.151 e. The highest BCUT2D eigenvalue weighted by molar-refractivity contribution is 7.91. The summed E-state index contributed by atoms with van der Waals surface area (Å²) in [6.07, 6.45) is 1.68. The number of aliphatic hydroxyl groups is 1. The first-order valence-corrected chi connectivity index (χ1v) is 7.26. The van der Waals surface area contributed by atoms with Gasteiger partial charge in [0, 0.05) is 18.4 Å². The van der Waals surface area contributed by atoms with Gasteiger partial charge in [0.2, 0.25) is 0 Å². The Morgan fingerprint density at radius 2 is 1.93 bits per heavy atom. The Hall–Kier alpha value is -0.130. The molecule has 4 nitrogen and oxygen atoms in total. The molecule has 0 fully saturated rings. The molecule has 0 aromatic carbocycles. The zero-order chi connectivity index (χ0) is 11.9. The van der Waals surface area contributed by atoms with Crippen molar-refractivity contribution in [3.63, 3.8) is 0 Å². The molecule has 0 amide bonds. The summed E-state index contributed by atoms with van der Waals surface area (Å²) in [7, 11) is -0.962. The lowest BCUT2D eigenvalue weighted by Gasteiger charge is -2.24. The smallest absolute Gasteiger partial charge is 0.151 e. The number of sulfone groups is 1. The second-order valence-corrected chi connectivity index (χ2v) is 6.36. The maximum absolute atomic E-state index is 11.4. The first kappa shape index (κ1) is 14.9.